The molecular weight excluding hydrogens is 270 g/mol. The molecule has 1 aliphatic rings. The lowest BCUT2D eigenvalue weighted by molar-refractivity contribution is 0.0301. The highest BCUT2D eigenvalue weighted by atomic mass is 16.5. The van der Waals surface area contributed by atoms with Crippen molar-refractivity contribution in [1.29, 1.82) is 0 Å². The zero-order valence-electron chi connectivity index (χ0n) is 12.9. The maximum Gasteiger partial charge on any atom is 0.341 e. The van der Waals surface area contributed by atoms with Crippen molar-refractivity contribution in [2.24, 2.45) is 0 Å². The summed E-state index contributed by atoms with van der Waals surface area (Å²) in [4.78, 5) is 11.5. The van der Waals surface area contributed by atoms with Crippen molar-refractivity contribution in [2.75, 3.05) is 20.3 Å². The first-order valence-electron chi connectivity index (χ1n) is 7.70. The molecule has 0 radical (unpaired) electrons. The third-order valence-corrected chi connectivity index (χ3v) is 3.86. The van der Waals surface area contributed by atoms with Crippen molar-refractivity contribution in [3.05, 3.63) is 23.2 Å². The van der Waals surface area contributed by atoms with Gasteiger partial charge in [-0.25, -0.2) is 4.79 Å². The summed E-state index contributed by atoms with van der Waals surface area (Å²) in [5.74, 6) is 0.978. The topological polar surface area (TPSA) is 60.7 Å². The maximum absolute atomic E-state index is 11.5. The Morgan fingerprint density at radius 2 is 2.14 bits per heavy atom. The molecule has 1 saturated carbocycles. The van der Waals surface area contributed by atoms with Gasteiger partial charge in [-0.1, -0.05) is 19.3 Å². The fourth-order valence-corrected chi connectivity index (χ4v) is 2.68. The predicted molar refractivity (Wildman–Crippen MR) is 79.3 cm³/mol. The lowest BCUT2D eigenvalue weighted by atomic mass is 9.98. The molecule has 5 nitrogen and oxygen atoms in total. The van der Waals surface area contributed by atoms with Gasteiger partial charge >= 0.3 is 5.97 Å². The summed E-state index contributed by atoms with van der Waals surface area (Å²) < 4.78 is 16.1. The summed E-state index contributed by atoms with van der Waals surface area (Å²) in [5.41, 5.74) is 0.493. The Bertz CT molecular complexity index is 449. The van der Waals surface area contributed by atoms with Crippen molar-refractivity contribution < 1.29 is 18.7 Å². The van der Waals surface area contributed by atoms with Gasteiger partial charge in [0.15, 0.2) is 0 Å². The fraction of sp³-hybridized carbons (Fsp3) is 0.688. The van der Waals surface area contributed by atoms with Gasteiger partial charge in [-0.3, -0.25) is 0 Å². The Kier molecular flexibility index (Phi) is 6.26. The van der Waals surface area contributed by atoms with Crippen LogP contribution in [0.1, 0.15) is 54.0 Å². The zero-order valence-corrected chi connectivity index (χ0v) is 12.9. The molecule has 1 N–H and O–H groups in total. The van der Waals surface area contributed by atoms with Crippen LogP contribution in [0.2, 0.25) is 0 Å². The average molecular weight is 295 g/mol. The van der Waals surface area contributed by atoms with Crippen LogP contribution in [0.15, 0.2) is 10.5 Å². The summed E-state index contributed by atoms with van der Waals surface area (Å²) in [6, 6.07) is 1.73. The minimum absolute atomic E-state index is 0.358. The summed E-state index contributed by atoms with van der Waals surface area (Å²) in [6.07, 6.45) is 6.76. The molecule has 0 amide bonds. The molecule has 1 aliphatic carbocycles. The van der Waals surface area contributed by atoms with Crippen LogP contribution < -0.4 is 5.32 Å². The van der Waals surface area contributed by atoms with E-state index < -0.39 is 0 Å². The van der Waals surface area contributed by atoms with Gasteiger partial charge in [-0.2, -0.15) is 0 Å². The molecule has 0 spiro atoms. The van der Waals surface area contributed by atoms with Crippen molar-refractivity contribution in [1.82, 2.24) is 5.32 Å². The van der Waals surface area contributed by atoms with Gasteiger partial charge in [0.1, 0.15) is 17.1 Å². The maximum atomic E-state index is 11.5. The average Bonchev–Trinajstić information content (AvgIpc) is 2.88. The highest BCUT2D eigenvalue weighted by Gasteiger charge is 2.15. The van der Waals surface area contributed by atoms with Crippen molar-refractivity contribution >= 4 is 5.97 Å². The predicted octanol–water partition coefficient (Wildman–Crippen LogP) is 2.81. The highest BCUT2D eigenvalue weighted by molar-refractivity contribution is 5.90. The summed E-state index contributed by atoms with van der Waals surface area (Å²) >= 11 is 0. The van der Waals surface area contributed by atoms with Crippen LogP contribution in [0.25, 0.3) is 0 Å². The molecule has 118 valence electrons. The summed E-state index contributed by atoms with van der Waals surface area (Å²) in [5, 5.41) is 3.27. The second-order valence-electron chi connectivity index (χ2n) is 5.48. The smallest absolute Gasteiger partial charge is 0.341 e. The largest absolute Gasteiger partial charge is 0.465 e. The van der Waals surface area contributed by atoms with Crippen LogP contribution in [-0.2, 0) is 16.0 Å². The molecule has 1 aromatic rings. The first-order chi connectivity index (χ1) is 10.2. The van der Waals surface area contributed by atoms with Crippen molar-refractivity contribution in [3.63, 3.8) is 0 Å². The van der Waals surface area contributed by atoms with Gasteiger partial charge in [-0.15, -0.1) is 0 Å². The normalized spacial score (nSPS) is 16.1. The molecule has 1 fully saturated rings. The molecule has 1 heterocycles. The van der Waals surface area contributed by atoms with Crippen LogP contribution in [0.3, 0.4) is 0 Å². The first kappa shape index (κ1) is 16.0. The molecule has 0 unspecified atom stereocenters. The molecule has 5 heteroatoms. The third kappa shape index (κ3) is 4.86. The molecule has 0 atom stereocenters. The monoisotopic (exact) mass is 295 g/mol. The van der Waals surface area contributed by atoms with E-state index in [9.17, 15) is 4.79 Å². The second kappa shape index (κ2) is 8.20. The molecule has 0 saturated heterocycles. The number of rotatable bonds is 7. The standard InChI is InChI=1S/C16H25NO4/c1-12-15(16(18)19-2)10-14(21-12)11-17-8-9-20-13-6-4-3-5-7-13/h10,13,17H,3-9,11H2,1-2H3. The summed E-state index contributed by atoms with van der Waals surface area (Å²) in [6.45, 7) is 3.85. The molecule has 2 rings (SSSR count). The van der Waals surface area contributed by atoms with Gasteiger partial charge in [0.05, 0.1) is 26.4 Å². The zero-order chi connectivity index (χ0) is 15.1. The Morgan fingerprint density at radius 1 is 1.38 bits per heavy atom. The van der Waals surface area contributed by atoms with E-state index in [1.54, 1.807) is 13.0 Å². The lowest BCUT2D eigenvalue weighted by Crippen LogP contribution is -2.24. The van der Waals surface area contributed by atoms with E-state index >= 15 is 0 Å². The van der Waals surface area contributed by atoms with Gasteiger partial charge in [0.2, 0.25) is 0 Å². The number of carbonyl (C=O) groups is 1. The van der Waals surface area contributed by atoms with E-state index in [1.165, 1.54) is 39.2 Å². The van der Waals surface area contributed by atoms with E-state index in [0.29, 0.717) is 30.6 Å². The molecule has 0 aliphatic heterocycles. The number of carbonyl (C=O) groups excluding carboxylic acids is 1. The molecular formula is C16H25NO4. The molecule has 0 bridgehead atoms. The van der Waals surface area contributed by atoms with E-state index in [0.717, 1.165) is 12.3 Å². The van der Waals surface area contributed by atoms with E-state index in [-0.39, 0.29) is 5.97 Å². The van der Waals surface area contributed by atoms with E-state index in [1.807, 2.05) is 0 Å². The minimum Gasteiger partial charge on any atom is -0.465 e. The highest BCUT2D eigenvalue weighted by Crippen LogP contribution is 2.20. The van der Waals surface area contributed by atoms with Gasteiger partial charge in [0.25, 0.3) is 0 Å². The van der Waals surface area contributed by atoms with Crippen molar-refractivity contribution in [3.8, 4) is 0 Å². The van der Waals surface area contributed by atoms with Crippen LogP contribution in [0, 0.1) is 6.92 Å². The Labute approximate surface area is 126 Å². The molecule has 21 heavy (non-hydrogen) atoms. The van der Waals surface area contributed by atoms with Gasteiger partial charge < -0.3 is 19.2 Å². The third-order valence-electron chi connectivity index (χ3n) is 3.86. The van der Waals surface area contributed by atoms with E-state index in [2.05, 4.69) is 5.32 Å². The van der Waals surface area contributed by atoms with Crippen LogP contribution in [0.4, 0.5) is 0 Å². The quantitative estimate of drug-likeness (QED) is 0.619. The Balaban J connectivity index is 1.65. The van der Waals surface area contributed by atoms with E-state index in [4.69, 9.17) is 13.9 Å². The number of ether oxygens (including phenoxy) is 2. The number of nitrogens with one attached hydrogen (secondary N) is 1. The van der Waals surface area contributed by atoms with Gasteiger partial charge in [0, 0.05) is 6.54 Å². The first-order valence-corrected chi connectivity index (χ1v) is 7.70. The minimum atomic E-state index is -0.358. The second-order valence-corrected chi connectivity index (χ2v) is 5.48. The van der Waals surface area contributed by atoms with Crippen molar-refractivity contribution in [2.45, 2.75) is 51.7 Å². The van der Waals surface area contributed by atoms with Crippen LogP contribution >= 0.6 is 0 Å². The number of furan rings is 1. The molecule has 1 aromatic heterocycles. The van der Waals surface area contributed by atoms with Crippen LogP contribution in [0.5, 0.6) is 0 Å². The number of methoxy groups -OCH3 is 1. The number of hydrogen-bond donors (Lipinski definition) is 1. The SMILES string of the molecule is COC(=O)c1cc(CNCCOC2CCCCC2)oc1C. The molecule has 0 aromatic carbocycles. The van der Waals surface area contributed by atoms with Crippen LogP contribution in [-0.4, -0.2) is 32.3 Å². The Hall–Kier alpha value is -1.33. The summed E-state index contributed by atoms with van der Waals surface area (Å²) in [7, 11) is 1.37. The lowest BCUT2D eigenvalue weighted by Gasteiger charge is -2.21. The fourth-order valence-electron chi connectivity index (χ4n) is 2.68. The number of aryl methyl sites for hydroxylation is 1. The number of esters is 1. The number of hydrogen-bond acceptors (Lipinski definition) is 5. The van der Waals surface area contributed by atoms with Gasteiger partial charge in [-0.05, 0) is 25.8 Å². The Morgan fingerprint density at radius 3 is 2.86 bits per heavy atom.